The van der Waals surface area contributed by atoms with Crippen LogP contribution in [0.4, 0.5) is 28.6 Å². The maximum absolute atomic E-state index is 13.3. The van der Waals surface area contributed by atoms with Crippen molar-refractivity contribution in [2.45, 2.75) is 0 Å². The first-order valence-corrected chi connectivity index (χ1v) is 10.2. The minimum Gasteiger partial charge on any atom is -0.504 e. The van der Waals surface area contributed by atoms with Crippen LogP contribution in [0.2, 0.25) is 0 Å². The van der Waals surface area contributed by atoms with Crippen molar-refractivity contribution in [3.8, 4) is 11.5 Å². The molecule has 34 heavy (non-hydrogen) atoms. The fraction of sp³-hybridized carbons (Fsp3) is 0. The Morgan fingerprint density at radius 2 is 0.912 bits per heavy atom. The van der Waals surface area contributed by atoms with Gasteiger partial charge in [-0.1, -0.05) is 36.4 Å². The summed E-state index contributed by atoms with van der Waals surface area (Å²) < 4.78 is 62.6. The Labute approximate surface area is 194 Å². The van der Waals surface area contributed by atoms with E-state index < -0.39 is 14.9 Å². The molecule has 0 saturated carbocycles. The summed E-state index contributed by atoms with van der Waals surface area (Å²) in [7, 11) is -6.26. The molecule has 0 aliphatic heterocycles. The highest BCUT2D eigenvalue weighted by atomic mass is 19.2. The average molecular weight is 462 g/mol. The lowest BCUT2D eigenvalue weighted by molar-refractivity contribution is 0.425. The second-order valence-corrected chi connectivity index (χ2v) is 7.01. The second-order valence-electron chi connectivity index (χ2n) is 7.01. The van der Waals surface area contributed by atoms with E-state index in [0.29, 0.717) is 11.4 Å². The maximum atomic E-state index is 13.3. The van der Waals surface area contributed by atoms with Gasteiger partial charge in [0.15, 0.2) is 0 Å². The van der Waals surface area contributed by atoms with Crippen LogP contribution in [-0.4, -0.2) is 27.4 Å². The summed E-state index contributed by atoms with van der Waals surface area (Å²) in [4.78, 5) is 8.56. The minimum absolute atomic E-state index is 0.171. The highest BCUT2D eigenvalue weighted by Gasteiger charge is 2.25. The quantitative estimate of drug-likeness (QED) is 0.162. The van der Waals surface area contributed by atoms with Gasteiger partial charge in [0.25, 0.3) is 0 Å². The summed E-state index contributed by atoms with van der Waals surface area (Å²) in [6.07, 6.45) is 2.76. The van der Waals surface area contributed by atoms with Gasteiger partial charge < -0.3 is 9.31 Å². The minimum atomic E-state index is -3.13. The summed E-state index contributed by atoms with van der Waals surface area (Å²) in [6, 6.07) is 23.7. The van der Waals surface area contributed by atoms with Gasteiger partial charge >= 0.3 is 14.9 Å². The van der Waals surface area contributed by atoms with Gasteiger partial charge in [-0.25, -0.2) is 17.3 Å². The highest BCUT2D eigenvalue weighted by Crippen LogP contribution is 2.38. The van der Waals surface area contributed by atoms with Gasteiger partial charge in [-0.3, -0.25) is 9.98 Å². The molecule has 0 atom stereocenters. The highest BCUT2D eigenvalue weighted by molar-refractivity contribution is 6.37. The van der Waals surface area contributed by atoms with Gasteiger partial charge in [-0.15, -0.1) is 0 Å². The Kier molecular flexibility index (Phi) is 7.27. The third kappa shape index (κ3) is 5.64. The van der Waals surface area contributed by atoms with Crippen molar-refractivity contribution in [3.05, 3.63) is 96.1 Å². The van der Waals surface area contributed by atoms with Crippen LogP contribution in [0.15, 0.2) is 94.9 Å². The number of aliphatic imine (C=N–C) groups is 2. The number of hydrogen-bond acceptors (Lipinski definition) is 4. The molecule has 4 aromatic carbocycles. The zero-order valence-electron chi connectivity index (χ0n) is 17.6. The van der Waals surface area contributed by atoms with E-state index in [1.807, 2.05) is 12.1 Å². The third-order valence-electron chi connectivity index (χ3n) is 4.79. The molecule has 4 rings (SSSR count). The monoisotopic (exact) mass is 462 g/mol. The Morgan fingerprint density at radius 3 is 1.26 bits per heavy atom. The van der Waals surface area contributed by atoms with Crippen molar-refractivity contribution in [2.75, 3.05) is 0 Å². The average Bonchev–Trinajstić information content (AvgIpc) is 2.83. The molecule has 4 aromatic rings. The molecule has 0 aliphatic carbocycles. The lowest BCUT2D eigenvalue weighted by Crippen LogP contribution is -2.12. The Morgan fingerprint density at radius 1 is 0.529 bits per heavy atom. The molecular formula is C24H16B2F4N2O2. The summed E-state index contributed by atoms with van der Waals surface area (Å²) in [5.41, 5.74) is 1.73. The molecule has 0 radical (unpaired) electrons. The molecule has 0 N–H and O–H groups in total. The number of rotatable bonds is 8. The van der Waals surface area contributed by atoms with E-state index in [0.717, 1.165) is 0 Å². The van der Waals surface area contributed by atoms with Crippen molar-refractivity contribution in [1.29, 1.82) is 0 Å². The second kappa shape index (κ2) is 10.7. The van der Waals surface area contributed by atoms with Crippen molar-refractivity contribution >= 4 is 49.5 Å². The van der Waals surface area contributed by atoms with Crippen LogP contribution in [0.25, 0.3) is 10.8 Å². The zero-order chi connectivity index (χ0) is 23.9. The van der Waals surface area contributed by atoms with Crippen LogP contribution in [0, 0.1) is 0 Å². The van der Waals surface area contributed by atoms with E-state index in [1.54, 1.807) is 48.5 Å². The topological polar surface area (TPSA) is 43.2 Å². The third-order valence-corrected chi connectivity index (χ3v) is 4.79. The molecule has 0 spiro atoms. The normalized spacial score (nSPS) is 11.3. The van der Waals surface area contributed by atoms with Gasteiger partial charge in [0.05, 0.1) is 11.4 Å². The van der Waals surface area contributed by atoms with E-state index in [9.17, 15) is 17.3 Å². The molecule has 4 nitrogen and oxygen atoms in total. The number of hydrogen-bond donors (Lipinski definition) is 0. The molecule has 0 fully saturated rings. The molecule has 0 amide bonds. The molecule has 168 valence electrons. The number of halogens is 4. The number of nitrogens with zero attached hydrogens (tertiary/aromatic N) is 2. The maximum Gasteiger partial charge on any atom is 0.796 e. The van der Waals surface area contributed by atoms with Crippen LogP contribution < -0.4 is 9.31 Å². The van der Waals surface area contributed by atoms with Crippen molar-refractivity contribution < 1.29 is 26.6 Å². The Hall–Kier alpha value is -4.07. The van der Waals surface area contributed by atoms with Crippen LogP contribution in [0.5, 0.6) is 11.5 Å². The number of para-hydroxylation sites is 2. The van der Waals surface area contributed by atoms with Gasteiger partial charge in [0.1, 0.15) is 11.5 Å². The fourth-order valence-electron chi connectivity index (χ4n) is 3.34. The van der Waals surface area contributed by atoms with Crippen molar-refractivity contribution in [2.24, 2.45) is 9.98 Å². The predicted octanol–water partition coefficient (Wildman–Crippen LogP) is 6.95. The number of benzene rings is 4. The van der Waals surface area contributed by atoms with Crippen molar-refractivity contribution in [1.82, 2.24) is 0 Å². The van der Waals surface area contributed by atoms with E-state index in [1.165, 1.54) is 36.7 Å². The molecule has 0 heterocycles. The lowest BCUT2D eigenvalue weighted by Gasteiger charge is -2.15. The van der Waals surface area contributed by atoms with E-state index in [-0.39, 0.29) is 33.4 Å². The zero-order valence-corrected chi connectivity index (χ0v) is 17.6. The summed E-state index contributed by atoms with van der Waals surface area (Å²) in [5.74, 6) is -0.393. The van der Waals surface area contributed by atoms with Crippen LogP contribution in [-0.2, 0) is 0 Å². The first kappa shape index (κ1) is 23.1. The number of fused-ring (bicyclic) bond motifs is 1. The van der Waals surface area contributed by atoms with Crippen molar-refractivity contribution in [3.63, 3.8) is 0 Å². The van der Waals surface area contributed by atoms with Crippen LogP contribution in [0.3, 0.4) is 0 Å². The van der Waals surface area contributed by atoms with Gasteiger partial charge in [-0.05, 0) is 48.5 Å². The van der Waals surface area contributed by atoms with Gasteiger partial charge in [0.2, 0.25) is 0 Å². The van der Waals surface area contributed by atoms with Crippen LogP contribution in [0.1, 0.15) is 11.1 Å². The summed E-state index contributed by atoms with van der Waals surface area (Å²) in [5, 5.41) is 0.342. The Bertz CT molecular complexity index is 1220. The molecular weight excluding hydrogens is 446 g/mol. The lowest BCUT2D eigenvalue weighted by atomic mass is 10.0. The molecule has 10 heteroatoms. The first-order chi connectivity index (χ1) is 16.5. The van der Waals surface area contributed by atoms with Gasteiger partial charge in [-0.2, -0.15) is 0 Å². The summed E-state index contributed by atoms with van der Waals surface area (Å²) in [6.45, 7) is 0. The fourth-order valence-corrected chi connectivity index (χ4v) is 3.34. The smallest absolute Gasteiger partial charge is 0.504 e. The van der Waals surface area contributed by atoms with E-state index >= 15 is 0 Å². The SMILES string of the molecule is FB(F)Oc1c(C=Nc2ccccc2)ccc2c(OB(F)F)c(C=Nc3ccccc3)ccc12. The largest absolute Gasteiger partial charge is 0.796 e. The molecule has 0 bridgehead atoms. The standard InChI is InChI=1S/C24H16B2F4N2O2/c27-25(28)33-23-17(15-31-19-7-3-1-4-8-19)11-13-22-21(23)14-12-18(24(22)34-26(29)30)16-32-20-9-5-2-6-10-20/h1-16H. The van der Waals surface area contributed by atoms with E-state index in [2.05, 4.69) is 9.98 Å². The molecule has 0 aliphatic rings. The summed E-state index contributed by atoms with van der Waals surface area (Å²) >= 11 is 0. The van der Waals surface area contributed by atoms with Gasteiger partial charge in [0, 0.05) is 34.3 Å². The Balaban J connectivity index is 1.83. The molecule has 0 unspecified atom stereocenters. The molecule has 0 saturated heterocycles. The van der Waals surface area contributed by atoms with Crippen LogP contribution >= 0.6 is 0 Å². The molecule has 0 aromatic heterocycles. The van der Waals surface area contributed by atoms with E-state index in [4.69, 9.17) is 9.31 Å². The first-order valence-electron chi connectivity index (χ1n) is 10.2. The predicted molar refractivity (Wildman–Crippen MR) is 129 cm³/mol.